The number of hydrogen-bond donors (Lipinski definition) is 3. The van der Waals surface area contributed by atoms with Crippen molar-refractivity contribution in [1.29, 1.82) is 0 Å². The summed E-state index contributed by atoms with van der Waals surface area (Å²) >= 11 is 0. The lowest BCUT2D eigenvalue weighted by Gasteiger charge is -2.58. The van der Waals surface area contributed by atoms with E-state index in [9.17, 15) is 15.3 Å². The molecule has 0 radical (unpaired) electrons. The number of aliphatic hydroxyl groups is 3. The molecule has 3 heteroatoms. The second-order valence-electron chi connectivity index (χ2n) is 11.5. The minimum absolute atomic E-state index is 0.113. The van der Waals surface area contributed by atoms with Crippen LogP contribution in [0.1, 0.15) is 73.6 Å². The van der Waals surface area contributed by atoms with Gasteiger partial charge in [0.15, 0.2) is 0 Å². The molecule has 0 spiro atoms. The van der Waals surface area contributed by atoms with Gasteiger partial charge in [-0.05, 0) is 72.2 Å². The number of rotatable bonds is 7. The summed E-state index contributed by atoms with van der Waals surface area (Å²) in [6.45, 7) is 17.8. The molecule has 0 saturated heterocycles. The molecular formula is C26H44O3. The van der Waals surface area contributed by atoms with E-state index in [1.165, 1.54) is 6.42 Å². The zero-order valence-electron chi connectivity index (χ0n) is 19.4. The molecule has 166 valence electrons. The van der Waals surface area contributed by atoms with Crippen LogP contribution in [0.2, 0.25) is 0 Å². The Morgan fingerprint density at radius 2 is 1.79 bits per heavy atom. The van der Waals surface area contributed by atoms with E-state index in [0.717, 1.165) is 24.8 Å². The molecule has 29 heavy (non-hydrogen) atoms. The van der Waals surface area contributed by atoms with E-state index in [1.54, 1.807) is 0 Å². The largest absolute Gasteiger partial charge is 0.393 e. The molecular weight excluding hydrogens is 360 g/mol. The van der Waals surface area contributed by atoms with Gasteiger partial charge in [0, 0.05) is 12.3 Å². The van der Waals surface area contributed by atoms with E-state index in [1.807, 2.05) is 0 Å². The fraction of sp³-hybridized carbons (Fsp3) is 0.846. The lowest BCUT2D eigenvalue weighted by atomic mass is 9.50. The van der Waals surface area contributed by atoms with E-state index in [0.29, 0.717) is 36.0 Å². The van der Waals surface area contributed by atoms with Crippen LogP contribution in [0.4, 0.5) is 0 Å². The molecule has 0 aliphatic heterocycles. The average molecular weight is 405 g/mol. The molecule has 0 heterocycles. The minimum Gasteiger partial charge on any atom is -0.393 e. The summed E-state index contributed by atoms with van der Waals surface area (Å²) in [4.78, 5) is 0. The summed E-state index contributed by atoms with van der Waals surface area (Å²) in [5, 5.41) is 31.2. The highest BCUT2D eigenvalue weighted by Crippen LogP contribution is 2.59. The second kappa shape index (κ2) is 8.13. The van der Waals surface area contributed by atoms with Gasteiger partial charge in [0.2, 0.25) is 0 Å². The van der Waals surface area contributed by atoms with Crippen molar-refractivity contribution in [2.75, 3.05) is 0 Å². The normalized spacial score (nSPS) is 43.6. The molecule has 0 amide bonds. The quantitative estimate of drug-likeness (QED) is 0.526. The third-order valence-electron chi connectivity index (χ3n) is 9.33. The topological polar surface area (TPSA) is 60.7 Å². The van der Waals surface area contributed by atoms with Gasteiger partial charge >= 0.3 is 0 Å². The lowest BCUT2D eigenvalue weighted by molar-refractivity contribution is -0.126. The van der Waals surface area contributed by atoms with E-state index < -0.39 is 11.7 Å². The fourth-order valence-corrected chi connectivity index (χ4v) is 6.55. The Balaban J connectivity index is 1.65. The third kappa shape index (κ3) is 4.00. The SMILES string of the molecule is C=C1C2C[C@@H](O)C[C@]1(O)C2C=C[C@@H]1CC([C@@H](C)CC[C@H](O)C(C)C)[C@@H](C)C1(C)C. The molecule has 3 nitrogen and oxygen atoms in total. The first kappa shape index (κ1) is 23.0. The van der Waals surface area contributed by atoms with Gasteiger partial charge in [0.1, 0.15) is 0 Å². The van der Waals surface area contributed by atoms with Crippen molar-refractivity contribution >= 4 is 0 Å². The highest BCUT2D eigenvalue weighted by molar-refractivity contribution is 5.37. The number of allylic oxidation sites excluding steroid dienone is 1. The van der Waals surface area contributed by atoms with E-state index >= 15 is 0 Å². The van der Waals surface area contributed by atoms with Crippen LogP contribution < -0.4 is 0 Å². The summed E-state index contributed by atoms with van der Waals surface area (Å²) in [7, 11) is 0. The second-order valence-corrected chi connectivity index (χ2v) is 11.5. The van der Waals surface area contributed by atoms with Gasteiger partial charge in [0.25, 0.3) is 0 Å². The van der Waals surface area contributed by atoms with Crippen molar-refractivity contribution in [2.24, 2.45) is 46.8 Å². The number of aliphatic hydroxyl groups excluding tert-OH is 2. The smallest absolute Gasteiger partial charge is 0.0949 e. The summed E-state index contributed by atoms with van der Waals surface area (Å²) in [5.74, 6) is 3.08. The maximum absolute atomic E-state index is 11.0. The molecule has 0 aromatic rings. The Labute approximate surface area is 178 Å². The molecule has 3 saturated carbocycles. The zero-order valence-corrected chi connectivity index (χ0v) is 19.4. The molecule has 3 aliphatic carbocycles. The molecule has 9 atom stereocenters. The van der Waals surface area contributed by atoms with Gasteiger partial charge in [-0.15, -0.1) is 0 Å². The lowest BCUT2D eigenvalue weighted by Crippen LogP contribution is -2.61. The molecule has 3 rings (SSSR count). The van der Waals surface area contributed by atoms with Crippen molar-refractivity contribution in [1.82, 2.24) is 0 Å². The van der Waals surface area contributed by atoms with Gasteiger partial charge in [-0.3, -0.25) is 0 Å². The van der Waals surface area contributed by atoms with Crippen LogP contribution in [0, 0.1) is 46.8 Å². The predicted molar refractivity (Wildman–Crippen MR) is 119 cm³/mol. The number of fused-ring (bicyclic) bond motifs is 2. The van der Waals surface area contributed by atoms with Crippen molar-refractivity contribution in [3.63, 3.8) is 0 Å². The van der Waals surface area contributed by atoms with E-state index in [2.05, 4.69) is 60.3 Å². The van der Waals surface area contributed by atoms with Crippen LogP contribution >= 0.6 is 0 Å². The van der Waals surface area contributed by atoms with Crippen molar-refractivity contribution in [3.8, 4) is 0 Å². The van der Waals surface area contributed by atoms with Crippen LogP contribution in [0.5, 0.6) is 0 Å². The first-order valence-electron chi connectivity index (χ1n) is 11.9. The van der Waals surface area contributed by atoms with Gasteiger partial charge < -0.3 is 15.3 Å². The average Bonchev–Trinajstić information content (AvgIpc) is 2.87. The van der Waals surface area contributed by atoms with Crippen molar-refractivity contribution in [3.05, 3.63) is 24.3 Å². The zero-order chi connectivity index (χ0) is 21.7. The maximum Gasteiger partial charge on any atom is 0.0949 e. The van der Waals surface area contributed by atoms with Crippen molar-refractivity contribution in [2.45, 2.75) is 91.5 Å². The van der Waals surface area contributed by atoms with Crippen LogP contribution in [-0.4, -0.2) is 33.1 Å². The first-order valence-corrected chi connectivity index (χ1v) is 11.9. The maximum atomic E-state index is 11.0. The van der Waals surface area contributed by atoms with Crippen LogP contribution in [-0.2, 0) is 0 Å². The van der Waals surface area contributed by atoms with Crippen LogP contribution in [0.3, 0.4) is 0 Å². The summed E-state index contributed by atoms with van der Waals surface area (Å²) < 4.78 is 0. The Hall–Kier alpha value is -0.640. The molecule has 3 aliphatic rings. The molecule has 0 aromatic carbocycles. The molecule has 3 fully saturated rings. The standard InChI is InChI=1S/C26H44O3/c1-15(2)24(28)11-8-16(3)21-12-19(25(6,7)17(21)4)9-10-23-22-13-20(27)14-26(23,29)18(22)5/h9-10,15-17,19-24,27-29H,5,8,11-14H2,1-4,6-7H3/t16-,17+,19+,20+,21?,22?,23?,24-,26+/m0/s1. The van der Waals surface area contributed by atoms with Crippen LogP contribution in [0.15, 0.2) is 24.3 Å². The minimum atomic E-state index is -0.896. The Morgan fingerprint density at radius 3 is 2.38 bits per heavy atom. The monoisotopic (exact) mass is 404 g/mol. The molecule has 0 aromatic heterocycles. The Bertz CT molecular complexity index is 636. The number of hydrogen-bond acceptors (Lipinski definition) is 3. The highest BCUT2D eigenvalue weighted by atomic mass is 16.3. The Morgan fingerprint density at radius 1 is 1.14 bits per heavy atom. The third-order valence-corrected chi connectivity index (χ3v) is 9.33. The summed E-state index contributed by atoms with van der Waals surface area (Å²) in [5.41, 5.74) is 0.253. The first-order chi connectivity index (χ1) is 13.4. The van der Waals surface area contributed by atoms with Gasteiger partial charge in [-0.2, -0.15) is 0 Å². The molecule has 3 unspecified atom stereocenters. The summed E-state index contributed by atoms with van der Waals surface area (Å²) in [6, 6.07) is 0. The van der Waals surface area contributed by atoms with Gasteiger partial charge in [-0.25, -0.2) is 0 Å². The highest BCUT2D eigenvalue weighted by Gasteiger charge is 2.59. The molecule has 3 N–H and O–H groups in total. The van der Waals surface area contributed by atoms with E-state index in [4.69, 9.17) is 0 Å². The molecule has 2 bridgehead atoms. The van der Waals surface area contributed by atoms with Crippen LogP contribution in [0.25, 0.3) is 0 Å². The van der Waals surface area contributed by atoms with E-state index in [-0.39, 0.29) is 23.4 Å². The van der Waals surface area contributed by atoms with Crippen molar-refractivity contribution < 1.29 is 15.3 Å². The van der Waals surface area contributed by atoms with Gasteiger partial charge in [0.05, 0.1) is 17.8 Å². The predicted octanol–water partition coefficient (Wildman–Crippen LogP) is 4.96. The Kier molecular flexibility index (Phi) is 6.46. The van der Waals surface area contributed by atoms with Gasteiger partial charge in [-0.1, -0.05) is 60.3 Å². The summed E-state index contributed by atoms with van der Waals surface area (Å²) in [6.07, 6.45) is 8.36. The fourth-order valence-electron chi connectivity index (χ4n) is 6.55.